The molecule has 0 saturated heterocycles. The predicted molar refractivity (Wildman–Crippen MR) is 116 cm³/mol. The fourth-order valence-electron chi connectivity index (χ4n) is 2.82. The summed E-state index contributed by atoms with van der Waals surface area (Å²) in [4.78, 5) is 28.7. The summed E-state index contributed by atoms with van der Waals surface area (Å²) >= 11 is 6.01. The minimum Gasteiger partial charge on any atom is -0.324 e. The Balaban J connectivity index is 1.38. The van der Waals surface area contributed by atoms with Gasteiger partial charge in [-0.15, -0.1) is 0 Å². The molecule has 1 atom stereocenters. The van der Waals surface area contributed by atoms with Crippen molar-refractivity contribution in [1.29, 1.82) is 0 Å². The van der Waals surface area contributed by atoms with Crippen LogP contribution in [0.2, 0.25) is 5.02 Å². The van der Waals surface area contributed by atoms with E-state index in [9.17, 15) is 9.59 Å². The van der Waals surface area contributed by atoms with E-state index in [2.05, 4.69) is 25.8 Å². The second-order valence-corrected chi connectivity index (χ2v) is 7.16. The van der Waals surface area contributed by atoms with Gasteiger partial charge in [-0.25, -0.2) is 14.3 Å². The number of amides is 2. The molecule has 2 heterocycles. The third kappa shape index (κ3) is 4.78. The van der Waals surface area contributed by atoms with E-state index in [4.69, 9.17) is 11.6 Å². The molecule has 0 radical (unpaired) electrons. The molecule has 156 valence electrons. The van der Waals surface area contributed by atoms with Gasteiger partial charge in [0.15, 0.2) is 0 Å². The molecule has 2 aromatic carbocycles. The Morgan fingerprint density at radius 2 is 1.77 bits per heavy atom. The molecule has 2 N–H and O–H groups in total. The smallest absolute Gasteiger partial charge is 0.258 e. The molecule has 2 amide bonds. The van der Waals surface area contributed by atoms with Crippen molar-refractivity contribution < 1.29 is 9.59 Å². The summed E-state index contributed by atoms with van der Waals surface area (Å²) in [5, 5.41) is 14.4. The zero-order valence-corrected chi connectivity index (χ0v) is 17.2. The SMILES string of the molecule is CC(C(=O)Nc1ccc(NC(=O)c2cnn(-c3cccc(Cl)c3)c2)cc1)n1cncn1. The Hall–Kier alpha value is -3.98. The van der Waals surface area contributed by atoms with Crippen molar-refractivity contribution in [2.24, 2.45) is 0 Å². The summed E-state index contributed by atoms with van der Waals surface area (Å²) in [6.45, 7) is 1.72. The zero-order valence-electron chi connectivity index (χ0n) is 16.4. The first-order valence-corrected chi connectivity index (χ1v) is 9.74. The van der Waals surface area contributed by atoms with Crippen LogP contribution in [0.4, 0.5) is 11.4 Å². The van der Waals surface area contributed by atoms with Gasteiger partial charge < -0.3 is 10.6 Å². The highest BCUT2D eigenvalue weighted by Gasteiger charge is 2.15. The van der Waals surface area contributed by atoms with Crippen molar-refractivity contribution in [3.63, 3.8) is 0 Å². The zero-order chi connectivity index (χ0) is 21.8. The second kappa shape index (κ2) is 8.80. The molecule has 4 aromatic rings. The van der Waals surface area contributed by atoms with Crippen LogP contribution in [-0.2, 0) is 4.79 Å². The Morgan fingerprint density at radius 3 is 2.45 bits per heavy atom. The monoisotopic (exact) mass is 435 g/mol. The van der Waals surface area contributed by atoms with E-state index in [0.717, 1.165) is 5.69 Å². The van der Waals surface area contributed by atoms with Crippen LogP contribution in [0.25, 0.3) is 5.69 Å². The van der Waals surface area contributed by atoms with Crippen LogP contribution in [-0.4, -0.2) is 36.4 Å². The summed E-state index contributed by atoms with van der Waals surface area (Å²) in [5.74, 6) is -0.527. The van der Waals surface area contributed by atoms with Crippen molar-refractivity contribution in [2.75, 3.05) is 10.6 Å². The Kier molecular flexibility index (Phi) is 5.76. The van der Waals surface area contributed by atoms with Gasteiger partial charge in [0.2, 0.25) is 5.91 Å². The Morgan fingerprint density at radius 1 is 1.03 bits per heavy atom. The number of nitrogens with one attached hydrogen (secondary N) is 2. The van der Waals surface area contributed by atoms with Gasteiger partial charge in [0.05, 0.1) is 17.4 Å². The molecule has 0 bridgehead atoms. The van der Waals surface area contributed by atoms with Gasteiger partial charge >= 0.3 is 0 Å². The minimum atomic E-state index is -0.502. The number of carbonyl (C=O) groups is 2. The lowest BCUT2D eigenvalue weighted by Gasteiger charge is -2.12. The van der Waals surface area contributed by atoms with E-state index in [1.54, 1.807) is 54.2 Å². The summed E-state index contributed by atoms with van der Waals surface area (Å²) in [6, 6.07) is 13.5. The first kappa shape index (κ1) is 20.3. The molecule has 0 spiro atoms. The van der Waals surface area contributed by atoms with Crippen molar-refractivity contribution in [3.05, 3.63) is 84.2 Å². The number of aromatic nitrogens is 5. The number of halogens is 1. The van der Waals surface area contributed by atoms with Gasteiger partial charge in [-0.05, 0) is 49.4 Å². The number of anilines is 2. The molecule has 1 unspecified atom stereocenters. The van der Waals surface area contributed by atoms with E-state index in [1.165, 1.54) is 23.5 Å². The molecule has 9 nitrogen and oxygen atoms in total. The number of rotatable bonds is 6. The molecular formula is C21H18ClN7O2. The van der Waals surface area contributed by atoms with Crippen molar-refractivity contribution in [3.8, 4) is 5.69 Å². The highest BCUT2D eigenvalue weighted by Crippen LogP contribution is 2.18. The number of hydrogen-bond acceptors (Lipinski definition) is 5. The van der Waals surface area contributed by atoms with Gasteiger partial charge in [-0.3, -0.25) is 9.59 Å². The highest BCUT2D eigenvalue weighted by molar-refractivity contribution is 6.30. The van der Waals surface area contributed by atoms with E-state index in [0.29, 0.717) is 22.0 Å². The molecule has 0 aliphatic rings. The van der Waals surface area contributed by atoms with Crippen molar-refractivity contribution in [1.82, 2.24) is 24.5 Å². The first-order chi connectivity index (χ1) is 15.0. The summed E-state index contributed by atoms with van der Waals surface area (Å²) in [5.41, 5.74) is 2.34. The maximum absolute atomic E-state index is 12.5. The van der Waals surface area contributed by atoms with Gasteiger partial charge in [0.1, 0.15) is 18.7 Å². The number of hydrogen-bond donors (Lipinski definition) is 2. The van der Waals surface area contributed by atoms with Crippen molar-refractivity contribution in [2.45, 2.75) is 13.0 Å². The lowest BCUT2D eigenvalue weighted by molar-refractivity contribution is -0.119. The van der Waals surface area contributed by atoms with E-state index in [1.807, 2.05) is 12.1 Å². The Labute approximate surface area is 182 Å². The maximum atomic E-state index is 12.5. The van der Waals surface area contributed by atoms with Crippen LogP contribution < -0.4 is 10.6 Å². The van der Waals surface area contributed by atoms with E-state index >= 15 is 0 Å². The fourth-order valence-corrected chi connectivity index (χ4v) is 3.01. The molecular weight excluding hydrogens is 418 g/mol. The van der Waals surface area contributed by atoms with Crippen LogP contribution in [0.3, 0.4) is 0 Å². The van der Waals surface area contributed by atoms with Crippen LogP contribution in [0.15, 0.2) is 73.6 Å². The fraction of sp³-hybridized carbons (Fsp3) is 0.0952. The minimum absolute atomic E-state index is 0.226. The van der Waals surface area contributed by atoms with Crippen LogP contribution in [0.1, 0.15) is 23.3 Å². The molecule has 0 fully saturated rings. The van der Waals surface area contributed by atoms with E-state index < -0.39 is 6.04 Å². The quantitative estimate of drug-likeness (QED) is 0.481. The average molecular weight is 436 g/mol. The average Bonchev–Trinajstić information content (AvgIpc) is 3.47. The predicted octanol–water partition coefficient (Wildman–Crippen LogP) is 3.57. The largest absolute Gasteiger partial charge is 0.324 e. The number of nitrogens with zero attached hydrogens (tertiary/aromatic N) is 5. The lowest BCUT2D eigenvalue weighted by atomic mass is 10.2. The molecule has 0 aliphatic heterocycles. The summed E-state index contributed by atoms with van der Waals surface area (Å²) in [7, 11) is 0. The van der Waals surface area contributed by atoms with Crippen LogP contribution in [0.5, 0.6) is 0 Å². The third-order valence-corrected chi connectivity index (χ3v) is 4.78. The third-order valence-electron chi connectivity index (χ3n) is 4.54. The normalized spacial score (nSPS) is 11.7. The van der Waals surface area contributed by atoms with Gasteiger partial charge in [-0.2, -0.15) is 10.2 Å². The highest BCUT2D eigenvalue weighted by atomic mass is 35.5. The van der Waals surface area contributed by atoms with E-state index in [-0.39, 0.29) is 11.8 Å². The van der Waals surface area contributed by atoms with Crippen LogP contribution in [0, 0.1) is 0 Å². The first-order valence-electron chi connectivity index (χ1n) is 9.36. The molecule has 2 aromatic heterocycles. The number of benzene rings is 2. The standard InChI is InChI=1S/C21H18ClN7O2/c1-14(29-13-23-12-25-29)20(30)26-17-5-7-18(8-6-17)27-21(31)15-10-24-28(11-15)19-4-2-3-16(22)9-19/h2-14H,1H3,(H,26,30)(H,27,31). The van der Waals surface area contributed by atoms with Crippen molar-refractivity contribution >= 4 is 34.8 Å². The summed E-state index contributed by atoms with van der Waals surface area (Å²) in [6.07, 6.45) is 5.97. The molecule has 0 saturated carbocycles. The van der Waals surface area contributed by atoms with Gasteiger partial charge in [-0.1, -0.05) is 17.7 Å². The second-order valence-electron chi connectivity index (χ2n) is 6.73. The summed E-state index contributed by atoms with van der Waals surface area (Å²) < 4.78 is 3.04. The lowest BCUT2D eigenvalue weighted by Crippen LogP contribution is -2.24. The number of carbonyl (C=O) groups excluding carboxylic acids is 2. The molecule has 10 heteroatoms. The molecule has 0 aliphatic carbocycles. The van der Waals surface area contributed by atoms with Crippen LogP contribution >= 0.6 is 11.6 Å². The molecule has 4 rings (SSSR count). The van der Waals surface area contributed by atoms with Gasteiger partial charge in [0, 0.05) is 22.6 Å². The topological polar surface area (TPSA) is 107 Å². The molecule has 31 heavy (non-hydrogen) atoms. The van der Waals surface area contributed by atoms with Gasteiger partial charge in [0.25, 0.3) is 5.91 Å². The maximum Gasteiger partial charge on any atom is 0.258 e. The Bertz CT molecular complexity index is 1200.